The zero-order chi connectivity index (χ0) is 27.8. The highest BCUT2D eigenvalue weighted by Gasteiger charge is 2.47. The minimum Gasteiger partial charge on any atom is -0.390 e. The Labute approximate surface area is 233 Å². The molecule has 0 aliphatic heterocycles. The van der Waals surface area contributed by atoms with Gasteiger partial charge in [0.25, 0.3) is 0 Å². The SMILES string of the molecule is CCCCNc1nc(SCCC)nc2c1nnn2[C@@H]1C[C@H](C(=O)NCCCN(C)c2ccccc2)[C@@H](O)[C@H]1O. The molecule has 4 rings (SSSR count). The smallest absolute Gasteiger partial charge is 0.225 e. The molecule has 212 valence electrons. The first-order valence-corrected chi connectivity index (χ1v) is 14.8. The second-order valence-corrected chi connectivity index (χ2v) is 11.0. The topological polar surface area (TPSA) is 141 Å². The lowest BCUT2D eigenvalue weighted by molar-refractivity contribution is -0.128. The van der Waals surface area contributed by atoms with Crippen LogP contribution < -0.4 is 15.5 Å². The van der Waals surface area contributed by atoms with Gasteiger partial charge >= 0.3 is 0 Å². The molecule has 0 spiro atoms. The lowest BCUT2D eigenvalue weighted by Gasteiger charge is -2.20. The number of thioether (sulfide) groups is 1. The fourth-order valence-electron chi connectivity index (χ4n) is 4.78. The number of nitrogens with one attached hydrogen (secondary N) is 2. The van der Waals surface area contributed by atoms with Crippen molar-refractivity contribution in [2.75, 3.05) is 42.7 Å². The van der Waals surface area contributed by atoms with Crippen LogP contribution in [-0.2, 0) is 4.79 Å². The van der Waals surface area contributed by atoms with E-state index in [1.165, 1.54) is 0 Å². The number of unbranched alkanes of at least 4 members (excludes halogenated alkanes) is 1. The molecule has 39 heavy (non-hydrogen) atoms. The standard InChI is InChI=1S/C27H40N8O3S/c1-4-6-13-28-24-21-25(31-27(30-24)39-16-5-2)35(33-32-21)20-17-19(22(36)23(20)37)26(38)29-14-10-15-34(3)18-11-8-7-9-12-18/h7-9,11-12,19-20,22-23,36-37H,4-6,10,13-17H2,1-3H3,(H,29,38)(H,28,30,31)/t19-,20+,22+,23-/m0/s1. The molecule has 1 saturated carbocycles. The Morgan fingerprint density at radius 1 is 1.10 bits per heavy atom. The fourth-order valence-corrected chi connectivity index (χ4v) is 5.47. The Kier molecular flexibility index (Phi) is 10.4. The van der Waals surface area contributed by atoms with Crippen LogP contribution in [0.5, 0.6) is 0 Å². The third-order valence-corrected chi connectivity index (χ3v) is 8.08. The van der Waals surface area contributed by atoms with Crippen LogP contribution in [0.2, 0.25) is 0 Å². The van der Waals surface area contributed by atoms with E-state index in [0.717, 1.165) is 50.2 Å². The van der Waals surface area contributed by atoms with Gasteiger partial charge in [0.2, 0.25) is 5.91 Å². The van der Waals surface area contributed by atoms with Crippen molar-refractivity contribution in [3.63, 3.8) is 0 Å². The summed E-state index contributed by atoms with van der Waals surface area (Å²) in [5.74, 6) is 0.456. The van der Waals surface area contributed by atoms with E-state index in [-0.39, 0.29) is 12.3 Å². The summed E-state index contributed by atoms with van der Waals surface area (Å²) in [6.07, 6.45) is 1.62. The largest absolute Gasteiger partial charge is 0.390 e. The van der Waals surface area contributed by atoms with Gasteiger partial charge in [-0.1, -0.05) is 55.4 Å². The third kappa shape index (κ3) is 6.98. The van der Waals surface area contributed by atoms with Crippen molar-refractivity contribution in [2.24, 2.45) is 5.92 Å². The first-order valence-electron chi connectivity index (χ1n) is 13.8. The molecule has 11 nitrogen and oxygen atoms in total. The molecule has 1 fully saturated rings. The summed E-state index contributed by atoms with van der Waals surface area (Å²) < 4.78 is 1.55. The molecule has 12 heteroatoms. The van der Waals surface area contributed by atoms with Gasteiger partial charge in [-0.2, -0.15) is 0 Å². The zero-order valence-corrected chi connectivity index (χ0v) is 23.8. The van der Waals surface area contributed by atoms with Crippen LogP contribution in [0.3, 0.4) is 0 Å². The van der Waals surface area contributed by atoms with Crippen LogP contribution >= 0.6 is 11.8 Å². The van der Waals surface area contributed by atoms with Crippen molar-refractivity contribution < 1.29 is 15.0 Å². The molecule has 0 unspecified atom stereocenters. The molecule has 1 aliphatic carbocycles. The summed E-state index contributed by atoms with van der Waals surface area (Å²) in [5, 5.41) is 37.2. The number of rotatable bonds is 14. The maximum atomic E-state index is 13.0. The molecule has 1 aliphatic rings. The van der Waals surface area contributed by atoms with Crippen LogP contribution in [0.15, 0.2) is 35.5 Å². The number of fused-ring (bicyclic) bond motifs is 1. The van der Waals surface area contributed by atoms with Crippen molar-refractivity contribution in [3.8, 4) is 0 Å². The molecule has 1 aromatic carbocycles. The van der Waals surface area contributed by atoms with E-state index >= 15 is 0 Å². The second-order valence-electron chi connectivity index (χ2n) is 9.98. The Balaban J connectivity index is 1.43. The second kappa shape index (κ2) is 13.9. The highest BCUT2D eigenvalue weighted by atomic mass is 32.2. The summed E-state index contributed by atoms with van der Waals surface area (Å²) in [6, 6.07) is 9.43. The van der Waals surface area contributed by atoms with Crippen molar-refractivity contribution in [2.45, 2.75) is 69.4 Å². The Morgan fingerprint density at radius 2 is 1.90 bits per heavy atom. The lowest BCUT2D eigenvalue weighted by Crippen LogP contribution is -2.39. The molecule has 0 radical (unpaired) electrons. The van der Waals surface area contributed by atoms with E-state index in [0.29, 0.717) is 28.7 Å². The van der Waals surface area contributed by atoms with Crippen molar-refractivity contribution in [1.29, 1.82) is 0 Å². The minimum absolute atomic E-state index is 0.233. The van der Waals surface area contributed by atoms with E-state index in [4.69, 9.17) is 0 Å². The van der Waals surface area contributed by atoms with Crippen LogP contribution in [0, 0.1) is 5.92 Å². The monoisotopic (exact) mass is 556 g/mol. The van der Waals surface area contributed by atoms with Crippen molar-refractivity contribution in [1.82, 2.24) is 30.3 Å². The number of hydrogen-bond donors (Lipinski definition) is 4. The average Bonchev–Trinajstić information content (AvgIpc) is 3.50. The number of aliphatic hydroxyl groups excluding tert-OH is 2. The number of nitrogens with zero attached hydrogens (tertiary/aromatic N) is 6. The van der Waals surface area contributed by atoms with E-state index in [9.17, 15) is 15.0 Å². The summed E-state index contributed by atoms with van der Waals surface area (Å²) in [7, 11) is 2.02. The summed E-state index contributed by atoms with van der Waals surface area (Å²) in [6.45, 7) is 6.23. The van der Waals surface area contributed by atoms with Crippen molar-refractivity contribution in [3.05, 3.63) is 30.3 Å². The number of aromatic nitrogens is 5. The number of benzene rings is 1. The molecule has 1 amide bonds. The quantitative estimate of drug-likeness (QED) is 0.133. The van der Waals surface area contributed by atoms with Crippen LogP contribution in [0.25, 0.3) is 11.2 Å². The molecule has 2 aromatic heterocycles. The highest BCUT2D eigenvalue weighted by Crippen LogP contribution is 2.37. The molecule has 2 heterocycles. The van der Waals surface area contributed by atoms with Gasteiger partial charge in [-0.05, 0) is 37.8 Å². The fraction of sp³-hybridized carbons (Fsp3) is 0.593. The molecular formula is C27H40N8O3S. The van der Waals surface area contributed by atoms with Crippen LogP contribution in [0.4, 0.5) is 11.5 Å². The number of amides is 1. The van der Waals surface area contributed by atoms with Gasteiger partial charge in [0.05, 0.1) is 18.1 Å². The summed E-state index contributed by atoms with van der Waals surface area (Å²) in [5.41, 5.74) is 2.12. The van der Waals surface area contributed by atoms with E-state index in [2.05, 4.69) is 49.7 Å². The zero-order valence-electron chi connectivity index (χ0n) is 23.0. The van der Waals surface area contributed by atoms with Crippen LogP contribution in [-0.4, -0.2) is 85.7 Å². The number of carbonyl (C=O) groups is 1. The first kappa shape index (κ1) is 29.0. The van der Waals surface area contributed by atoms with Crippen molar-refractivity contribution >= 4 is 40.3 Å². The third-order valence-electron chi connectivity index (χ3n) is 7.03. The van der Waals surface area contributed by atoms with Crippen LogP contribution in [0.1, 0.15) is 52.0 Å². The summed E-state index contributed by atoms with van der Waals surface area (Å²) in [4.78, 5) is 24.5. The number of hydrogen-bond acceptors (Lipinski definition) is 10. The maximum Gasteiger partial charge on any atom is 0.225 e. The minimum atomic E-state index is -1.21. The molecule has 4 atom stereocenters. The van der Waals surface area contributed by atoms with Gasteiger partial charge in [0.15, 0.2) is 22.1 Å². The normalized spacial score (nSPS) is 20.8. The Bertz CT molecular complexity index is 1210. The molecular weight excluding hydrogens is 516 g/mol. The Hall–Kier alpha value is -2.96. The number of para-hydroxylation sites is 1. The maximum absolute atomic E-state index is 13.0. The Morgan fingerprint density at radius 3 is 2.64 bits per heavy atom. The van der Waals surface area contributed by atoms with Gasteiger partial charge in [-0.15, -0.1) is 5.10 Å². The van der Waals surface area contributed by atoms with Gasteiger partial charge < -0.3 is 25.7 Å². The first-order chi connectivity index (χ1) is 18.9. The van der Waals surface area contributed by atoms with E-state index in [1.807, 2.05) is 37.4 Å². The molecule has 0 bridgehead atoms. The average molecular weight is 557 g/mol. The van der Waals surface area contributed by atoms with Gasteiger partial charge in [-0.25, -0.2) is 14.6 Å². The van der Waals surface area contributed by atoms with Gasteiger partial charge in [0, 0.05) is 38.1 Å². The number of aliphatic hydroxyl groups is 2. The number of anilines is 2. The van der Waals surface area contributed by atoms with E-state index in [1.54, 1.807) is 16.4 Å². The van der Waals surface area contributed by atoms with Gasteiger partial charge in [-0.3, -0.25) is 4.79 Å². The van der Waals surface area contributed by atoms with Gasteiger partial charge in [0.1, 0.15) is 6.10 Å². The molecule has 3 aromatic rings. The predicted molar refractivity (Wildman–Crippen MR) is 154 cm³/mol. The predicted octanol–water partition coefficient (Wildman–Crippen LogP) is 2.86. The summed E-state index contributed by atoms with van der Waals surface area (Å²) >= 11 is 1.55. The molecule has 4 N–H and O–H groups in total. The lowest BCUT2D eigenvalue weighted by atomic mass is 10.0. The van der Waals surface area contributed by atoms with E-state index < -0.39 is 24.2 Å². The molecule has 0 saturated heterocycles. The number of carbonyl (C=O) groups excluding carboxylic acids is 1. The highest BCUT2D eigenvalue weighted by molar-refractivity contribution is 7.99.